The van der Waals surface area contributed by atoms with E-state index in [-0.39, 0.29) is 25.1 Å². The minimum absolute atomic E-state index is 0.231. The summed E-state index contributed by atoms with van der Waals surface area (Å²) in [5, 5.41) is 18.1. The molecule has 0 saturated carbocycles. The number of aliphatic hydroxyl groups is 2. The van der Waals surface area contributed by atoms with E-state index in [0.29, 0.717) is 6.42 Å². The lowest BCUT2D eigenvalue weighted by Crippen LogP contribution is -2.29. The molecule has 0 bridgehead atoms. The maximum absolute atomic E-state index is 12.2. The molecule has 2 N–H and O–H groups in total. The number of aliphatic hydroxyl groups excluding tert-OH is 2. The number of esters is 1. The van der Waals surface area contributed by atoms with E-state index in [0.717, 1.165) is 51.4 Å². The summed E-state index contributed by atoms with van der Waals surface area (Å²) in [6.07, 6.45) is 33.0. The van der Waals surface area contributed by atoms with Crippen molar-refractivity contribution >= 4 is 5.97 Å². The van der Waals surface area contributed by atoms with Gasteiger partial charge in [-0.05, 0) is 51.4 Å². The summed E-state index contributed by atoms with van der Waals surface area (Å²) < 4.78 is 5.15. The first-order valence-electron chi connectivity index (χ1n) is 12.0. The zero-order valence-corrected chi connectivity index (χ0v) is 20.1. The third kappa shape index (κ3) is 18.6. The molecule has 0 aromatic carbocycles. The van der Waals surface area contributed by atoms with Gasteiger partial charge in [-0.1, -0.05) is 93.2 Å². The van der Waals surface area contributed by atoms with Gasteiger partial charge in [-0.15, -0.1) is 0 Å². The van der Waals surface area contributed by atoms with Gasteiger partial charge in [0.15, 0.2) is 0 Å². The van der Waals surface area contributed by atoms with Crippen LogP contribution in [-0.2, 0) is 9.53 Å². The lowest BCUT2D eigenvalue weighted by molar-refractivity contribution is -0.158. The Kier molecular flexibility index (Phi) is 21.9. The molecule has 0 fully saturated rings. The van der Waals surface area contributed by atoms with Crippen molar-refractivity contribution in [2.24, 2.45) is 5.92 Å². The second-order valence-corrected chi connectivity index (χ2v) is 7.56. The Morgan fingerprint density at radius 2 is 1.09 bits per heavy atom. The molecule has 32 heavy (non-hydrogen) atoms. The van der Waals surface area contributed by atoms with Crippen molar-refractivity contribution in [3.8, 4) is 0 Å². The fraction of sp³-hybridized carbons (Fsp3) is 0.536. The van der Waals surface area contributed by atoms with E-state index in [2.05, 4.69) is 73.8 Å². The number of ether oxygens (including phenoxy) is 1. The summed E-state index contributed by atoms with van der Waals surface area (Å²) in [6, 6.07) is 0. The highest BCUT2D eigenvalue weighted by Gasteiger charge is 2.21. The summed E-state index contributed by atoms with van der Waals surface area (Å²) in [5.41, 5.74) is 0. The number of carbonyl (C=O) groups excluding carboxylic acids is 1. The molecule has 0 aromatic rings. The monoisotopic (exact) mass is 444 g/mol. The van der Waals surface area contributed by atoms with E-state index in [1.807, 2.05) is 13.0 Å². The normalized spacial score (nSPS) is 13.9. The van der Waals surface area contributed by atoms with Crippen LogP contribution in [0.4, 0.5) is 0 Å². The van der Waals surface area contributed by atoms with Crippen LogP contribution in [0, 0.1) is 5.92 Å². The van der Waals surface area contributed by atoms with Gasteiger partial charge in [0, 0.05) is 0 Å². The van der Waals surface area contributed by atoms with Gasteiger partial charge >= 0.3 is 5.97 Å². The molecule has 0 rings (SSSR count). The molecule has 180 valence electrons. The highest BCUT2D eigenvalue weighted by atomic mass is 16.6. The summed E-state index contributed by atoms with van der Waals surface area (Å²) in [6.45, 7) is 3.45. The summed E-state index contributed by atoms with van der Waals surface area (Å²) in [5.74, 6) is -0.579. The minimum atomic E-state index is -0.827. The Bertz CT molecular complexity index is 607. The Morgan fingerprint density at radius 1 is 0.688 bits per heavy atom. The van der Waals surface area contributed by atoms with Crippen molar-refractivity contribution in [1.82, 2.24) is 0 Å². The number of allylic oxidation sites excluding steroid dienone is 12. The first-order chi connectivity index (χ1) is 15.7. The fourth-order valence-corrected chi connectivity index (χ4v) is 2.86. The highest BCUT2D eigenvalue weighted by Crippen LogP contribution is 2.15. The Balaban J connectivity index is 3.98. The number of hydrogen-bond donors (Lipinski definition) is 2. The lowest BCUT2D eigenvalue weighted by Gasteiger charge is -2.18. The maximum atomic E-state index is 12.2. The molecule has 0 radical (unpaired) electrons. The average Bonchev–Trinajstić information content (AvgIpc) is 2.80. The lowest BCUT2D eigenvalue weighted by atomic mass is 9.99. The standard InChI is InChI=1S/C28H44O4/c1-3-5-6-7-8-9-10-11-12-13-14-15-16-17-18-19-20-21-23-26(22-4-2)28(31)32-27(24-29)25-30/h5-6,8-9,11-12,14-15,17-18,20-21,26-27,29-30H,3-4,7,10,13,16,19,22-25H2,1-2H3/b6-5+,9-8+,12-11+,15-14+,18-17+,21-20+. The summed E-state index contributed by atoms with van der Waals surface area (Å²) in [4.78, 5) is 12.2. The van der Waals surface area contributed by atoms with Crippen LogP contribution in [-0.4, -0.2) is 35.5 Å². The average molecular weight is 445 g/mol. The molecule has 0 aliphatic heterocycles. The molecular formula is C28H44O4. The van der Waals surface area contributed by atoms with E-state index in [9.17, 15) is 4.79 Å². The van der Waals surface area contributed by atoms with Crippen LogP contribution >= 0.6 is 0 Å². The van der Waals surface area contributed by atoms with Gasteiger partial charge in [-0.3, -0.25) is 4.79 Å². The first-order valence-corrected chi connectivity index (χ1v) is 12.0. The van der Waals surface area contributed by atoms with Gasteiger partial charge in [0.1, 0.15) is 6.10 Å². The Hall–Kier alpha value is -2.17. The Morgan fingerprint density at radius 3 is 1.47 bits per heavy atom. The molecule has 4 heteroatoms. The van der Waals surface area contributed by atoms with Crippen molar-refractivity contribution in [2.45, 2.75) is 77.7 Å². The number of hydrogen-bond acceptors (Lipinski definition) is 4. The summed E-state index contributed by atoms with van der Waals surface area (Å²) >= 11 is 0. The summed E-state index contributed by atoms with van der Waals surface area (Å²) in [7, 11) is 0. The van der Waals surface area contributed by atoms with Crippen LogP contribution in [0.2, 0.25) is 0 Å². The van der Waals surface area contributed by atoms with Gasteiger partial charge in [-0.2, -0.15) is 0 Å². The van der Waals surface area contributed by atoms with Crippen LogP contribution in [0.25, 0.3) is 0 Å². The Labute approximate surface area is 195 Å². The van der Waals surface area contributed by atoms with Crippen LogP contribution in [0.15, 0.2) is 72.9 Å². The molecule has 0 aromatic heterocycles. The van der Waals surface area contributed by atoms with Crippen molar-refractivity contribution in [3.05, 3.63) is 72.9 Å². The second-order valence-electron chi connectivity index (χ2n) is 7.56. The van der Waals surface area contributed by atoms with Crippen molar-refractivity contribution in [3.63, 3.8) is 0 Å². The molecular weight excluding hydrogens is 400 g/mol. The van der Waals surface area contributed by atoms with E-state index < -0.39 is 6.10 Å². The third-order valence-electron chi connectivity index (χ3n) is 4.68. The maximum Gasteiger partial charge on any atom is 0.309 e. The number of carbonyl (C=O) groups is 1. The topological polar surface area (TPSA) is 66.8 Å². The van der Waals surface area contributed by atoms with E-state index in [1.54, 1.807) is 0 Å². The zero-order chi connectivity index (χ0) is 23.7. The van der Waals surface area contributed by atoms with Crippen LogP contribution in [0.1, 0.15) is 71.6 Å². The van der Waals surface area contributed by atoms with Crippen LogP contribution in [0.3, 0.4) is 0 Å². The van der Waals surface area contributed by atoms with Gasteiger partial charge in [-0.25, -0.2) is 0 Å². The molecule has 0 spiro atoms. The zero-order valence-electron chi connectivity index (χ0n) is 20.1. The molecule has 0 heterocycles. The smallest absolute Gasteiger partial charge is 0.309 e. The van der Waals surface area contributed by atoms with Crippen LogP contribution in [0.5, 0.6) is 0 Å². The van der Waals surface area contributed by atoms with E-state index in [1.165, 1.54) is 0 Å². The number of rotatable bonds is 19. The minimum Gasteiger partial charge on any atom is -0.457 e. The highest BCUT2D eigenvalue weighted by molar-refractivity contribution is 5.72. The molecule has 0 saturated heterocycles. The van der Waals surface area contributed by atoms with Gasteiger partial charge in [0.2, 0.25) is 0 Å². The second kappa shape index (κ2) is 23.5. The van der Waals surface area contributed by atoms with E-state index in [4.69, 9.17) is 14.9 Å². The third-order valence-corrected chi connectivity index (χ3v) is 4.68. The predicted octanol–water partition coefficient (Wildman–Crippen LogP) is 6.39. The quantitative estimate of drug-likeness (QED) is 0.179. The molecule has 0 aliphatic carbocycles. The van der Waals surface area contributed by atoms with Gasteiger partial charge < -0.3 is 14.9 Å². The van der Waals surface area contributed by atoms with Crippen molar-refractivity contribution < 1.29 is 19.7 Å². The fourth-order valence-electron chi connectivity index (χ4n) is 2.86. The molecule has 1 unspecified atom stereocenters. The van der Waals surface area contributed by atoms with E-state index >= 15 is 0 Å². The molecule has 0 amide bonds. The first kappa shape index (κ1) is 29.8. The predicted molar refractivity (Wildman–Crippen MR) is 135 cm³/mol. The van der Waals surface area contributed by atoms with Gasteiger partial charge in [0.25, 0.3) is 0 Å². The molecule has 1 atom stereocenters. The largest absolute Gasteiger partial charge is 0.457 e. The molecule has 4 nitrogen and oxygen atoms in total. The molecule has 0 aliphatic rings. The van der Waals surface area contributed by atoms with Gasteiger partial charge in [0.05, 0.1) is 19.1 Å². The van der Waals surface area contributed by atoms with Crippen LogP contribution < -0.4 is 0 Å². The van der Waals surface area contributed by atoms with Crippen molar-refractivity contribution in [2.75, 3.05) is 13.2 Å². The van der Waals surface area contributed by atoms with Crippen molar-refractivity contribution in [1.29, 1.82) is 0 Å². The SMILES string of the molecule is CC/C=C/C/C=C/C/C=C/C/C=C/C/C=C/C/C=C/CC(CCC)C(=O)OC(CO)CO.